The zero-order chi connectivity index (χ0) is 13.2. The molecule has 0 aliphatic heterocycles. The van der Waals surface area contributed by atoms with Gasteiger partial charge < -0.3 is 5.32 Å². The van der Waals surface area contributed by atoms with Crippen molar-refractivity contribution in [2.45, 2.75) is 57.4 Å². The molecular weight excluding hydrogens is 236 g/mol. The highest BCUT2D eigenvalue weighted by Gasteiger charge is 2.33. The molecular formula is C15H26N4. The SMILES string of the molecule is CCC1CCC(CNC2CC2)C(c2cnnn2C)C1. The Balaban J connectivity index is 1.70. The fourth-order valence-electron chi connectivity index (χ4n) is 3.54. The van der Waals surface area contributed by atoms with E-state index in [0.717, 1.165) is 17.9 Å². The van der Waals surface area contributed by atoms with Gasteiger partial charge >= 0.3 is 0 Å². The Morgan fingerprint density at radius 2 is 2.16 bits per heavy atom. The van der Waals surface area contributed by atoms with E-state index in [0.29, 0.717) is 5.92 Å². The Kier molecular flexibility index (Phi) is 3.87. The number of rotatable bonds is 5. The molecule has 0 saturated heterocycles. The summed E-state index contributed by atoms with van der Waals surface area (Å²) in [5.74, 6) is 2.29. The summed E-state index contributed by atoms with van der Waals surface area (Å²) >= 11 is 0. The molecule has 1 aromatic heterocycles. The highest BCUT2D eigenvalue weighted by molar-refractivity contribution is 5.08. The molecule has 3 rings (SSSR count). The van der Waals surface area contributed by atoms with Crippen LogP contribution in [0.5, 0.6) is 0 Å². The first-order chi connectivity index (χ1) is 9.28. The molecule has 2 aliphatic rings. The second-order valence-corrected chi connectivity index (χ2v) is 6.42. The minimum absolute atomic E-state index is 0.643. The van der Waals surface area contributed by atoms with E-state index in [1.807, 2.05) is 17.9 Å². The van der Waals surface area contributed by atoms with Crippen LogP contribution in [0.4, 0.5) is 0 Å². The van der Waals surface area contributed by atoms with Gasteiger partial charge in [0.2, 0.25) is 0 Å². The van der Waals surface area contributed by atoms with E-state index in [-0.39, 0.29) is 0 Å². The van der Waals surface area contributed by atoms with Gasteiger partial charge in [-0.3, -0.25) is 4.68 Å². The zero-order valence-electron chi connectivity index (χ0n) is 12.2. The Hall–Kier alpha value is -0.900. The number of aryl methyl sites for hydroxylation is 1. The fraction of sp³-hybridized carbons (Fsp3) is 0.867. The van der Waals surface area contributed by atoms with Crippen LogP contribution in [0.2, 0.25) is 0 Å². The third kappa shape index (κ3) is 2.99. The summed E-state index contributed by atoms with van der Waals surface area (Å²) in [4.78, 5) is 0. The first-order valence-corrected chi connectivity index (χ1v) is 7.86. The molecule has 0 spiro atoms. The number of nitrogens with zero attached hydrogens (tertiary/aromatic N) is 3. The summed E-state index contributed by atoms with van der Waals surface area (Å²) in [6.45, 7) is 3.50. The molecule has 0 amide bonds. The highest BCUT2D eigenvalue weighted by Crippen LogP contribution is 2.41. The second kappa shape index (κ2) is 5.61. The average molecular weight is 262 g/mol. The van der Waals surface area contributed by atoms with Crippen molar-refractivity contribution in [2.24, 2.45) is 18.9 Å². The van der Waals surface area contributed by atoms with Crippen LogP contribution >= 0.6 is 0 Å². The lowest BCUT2D eigenvalue weighted by atomic mass is 9.72. The molecule has 3 unspecified atom stereocenters. The second-order valence-electron chi connectivity index (χ2n) is 6.42. The Labute approximate surface area is 116 Å². The van der Waals surface area contributed by atoms with Crippen LogP contribution in [-0.2, 0) is 7.05 Å². The summed E-state index contributed by atoms with van der Waals surface area (Å²) < 4.78 is 1.98. The van der Waals surface area contributed by atoms with Crippen LogP contribution in [0.1, 0.15) is 57.1 Å². The smallest absolute Gasteiger partial charge is 0.0728 e. The van der Waals surface area contributed by atoms with E-state index in [4.69, 9.17) is 0 Å². The van der Waals surface area contributed by atoms with Gasteiger partial charge in [-0.15, -0.1) is 5.10 Å². The van der Waals surface area contributed by atoms with Gasteiger partial charge in [-0.2, -0.15) is 0 Å². The van der Waals surface area contributed by atoms with E-state index < -0.39 is 0 Å². The van der Waals surface area contributed by atoms with Crippen LogP contribution in [0, 0.1) is 11.8 Å². The van der Waals surface area contributed by atoms with Gasteiger partial charge in [-0.1, -0.05) is 25.0 Å². The third-order valence-corrected chi connectivity index (χ3v) is 5.05. The van der Waals surface area contributed by atoms with Crippen molar-refractivity contribution >= 4 is 0 Å². The number of hydrogen-bond donors (Lipinski definition) is 1. The van der Waals surface area contributed by atoms with Gasteiger partial charge in [0.25, 0.3) is 0 Å². The van der Waals surface area contributed by atoms with E-state index in [2.05, 4.69) is 22.6 Å². The van der Waals surface area contributed by atoms with Gasteiger partial charge in [-0.05, 0) is 44.1 Å². The molecule has 106 valence electrons. The monoisotopic (exact) mass is 262 g/mol. The first-order valence-electron chi connectivity index (χ1n) is 7.86. The molecule has 0 aromatic carbocycles. The molecule has 4 nitrogen and oxygen atoms in total. The van der Waals surface area contributed by atoms with Gasteiger partial charge in [-0.25, -0.2) is 0 Å². The lowest BCUT2D eigenvalue weighted by Gasteiger charge is -2.36. The quantitative estimate of drug-likeness (QED) is 0.886. The molecule has 2 saturated carbocycles. The van der Waals surface area contributed by atoms with Crippen LogP contribution in [-0.4, -0.2) is 27.6 Å². The lowest BCUT2D eigenvalue weighted by molar-refractivity contribution is 0.218. The number of hydrogen-bond acceptors (Lipinski definition) is 3. The minimum Gasteiger partial charge on any atom is -0.314 e. The standard InChI is InChI=1S/C15H26N4/c1-3-11-4-5-12(9-16-13-6-7-13)14(8-11)15-10-17-18-19(15)2/h10-14,16H,3-9H2,1-2H3. The molecule has 1 aromatic rings. The van der Waals surface area contributed by atoms with Crippen LogP contribution < -0.4 is 5.32 Å². The van der Waals surface area contributed by atoms with Crippen molar-refractivity contribution in [3.63, 3.8) is 0 Å². The van der Waals surface area contributed by atoms with Crippen LogP contribution in [0.25, 0.3) is 0 Å². The third-order valence-electron chi connectivity index (χ3n) is 5.05. The zero-order valence-corrected chi connectivity index (χ0v) is 12.2. The predicted octanol–water partition coefficient (Wildman–Crippen LogP) is 2.48. The molecule has 1 N–H and O–H groups in total. The highest BCUT2D eigenvalue weighted by atomic mass is 15.4. The molecule has 3 atom stereocenters. The lowest BCUT2D eigenvalue weighted by Crippen LogP contribution is -2.33. The summed E-state index contributed by atoms with van der Waals surface area (Å²) in [5.41, 5.74) is 1.33. The van der Waals surface area contributed by atoms with Crippen molar-refractivity contribution in [2.75, 3.05) is 6.54 Å². The number of aromatic nitrogens is 3. The molecule has 4 heteroatoms. The Bertz CT molecular complexity index is 410. The Morgan fingerprint density at radius 3 is 2.79 bits per heavy atom. The summed E-state index contributed by atoms with van der Waals surface area (Å²) in [7, 11) is 2.03. The molecule has 19 heavy (non-hydrogen) atoms. The molecule has 2 fully saturated rings. The maximum absolute atomic E-state index is 4.13. The van der Waals surface area contributed by atoms with Gasteiger partial charge in [0.1, 0.15) is 0 Å². The van der Waals surface area contributed by atoms with Crippen molar-refractivity contribution in [1.29, 1.82) is 0 Å². The largest absolute Gasteiger partial charge is 0.314 e. The normalized spacial score (nSPS) is 31.6. The molecule has 0 bridgehead atoms. The topological polar surface area (TPSA) is 42.7 Å². The minimum atomic E-state index is 0.643. The van der Waals surface area contributed by atoms with Crippen molar-refractivity contribution in [3.8, 4) is 0 Å². The first kappa shape index (κ1) is 13.1. The molecule has 0 radical (unpaired) electrons. The van der Waals surface area contributed by atoms with Crippen LogP contribution in [0.3, 0.4) is 0 Å². The average Bonchev–Trinajstić information content (AvgIpc) is 3.17. The van der Waals surface area contributed by atoms with Crippen molar-refractivity contribution in [1.82, 2.24) is 20.3 Å². The van der Waals surface area contributed by atoms with Crippen molar-refractivity contribution in [3.05, 3.63) is 11.9 Å². The van der Waals surface area contributed by atoms with E-state index in [1.54, 1.807) is 0 Å². The Morgan fingerprint density at radius 1 is 1.32 bits per heavy atom. The van der Waals surface area contributed by atoms with E-state index in [1.165, 1.54) is 50.8 Å². The van der Waals surface area contributed by atoms with Gasteiger partial charge in [0.15, 0.2) is 0 Å². The summed E-state index contributed by atoms with van der Waals surface area (Å²) in [5, 5.41) is 11.9. The van der Waals surface area contributed by atoms with E-state index in [9.17, 15) is 0 Å². The summed E-state index contributed by atoms with van der Waals surface area (Å²) in [6.07, 6.45) is 10.1. The molecule has 2 aliphatic carbocycles. The fourth-order valence-corrected chi connectivity index (χ4v) is 3.54. The van der Waals surface area contributed by atoms with Crippen LogP contribution in [0.15, 0.2) is 6.20 Å². The predicted molar refractivity (Wildman–Crippen MR) is 75.9 cm³/mol. The maximum atomic E-state index is 4.13. The van der Waals surface area contributed by atoms with E-state index >= 15 is 0 Å². The van der Waals surface area contributed by atoms with Gasteiger partial charge in [0, 0.05) is 19.0 Å². The molecule has 1 heterocycles. The van der Waals surface area contributed by atoms with Crippen molar-refractivity contribution < 1.29 is 0 Å². The maximum Gasteiger partial charge on any atom is 0.0728 e. The number of nitrogens with one attached hydrogen (secondary N) is 1. The summed E-state index contributed by atoms with van der Waals surface area (Å²) in [6, 6.07) is 0.814. The van der Waals surface area contributed by atoms with Gasteiger partial charge in [0.05, 0.1) is 11.9 Å².